The van der Waals surface area contributed by atoms with Gasteiger partial charge in [-0.1, -0.05) is 35.3 Å². The third kappa shape index (κ3) is 5.23. The molecule has 0 spiro atoms. The summed E-state index contributed by atoms with van der Waals surface area (Å²) in [5, 5.41) is 3.70. The number of halogens is 2. The van der Waals surface area contributed by atoms with E-state index in [-0.39, 0.29) is 18.4 Å². The highest BCUT2D eigenvalue weighted by atomic mass is 35.5. The van der Waals surface area contributed by atoms with Crippen LogP contribution in [0.5, 0.6) is 11.5 Å². The zero-order valence-electron chi connectivity index (χ0n) is 16.9. The van der Waals surface area contributed by atoms with E-state index >= 15 is 0 Å². The normalized spacial score (nSPS) is 16.5. The van der Waals surface area contributed by atoms with Crippen molar-refractivity contribution in [2.75, 3.05) is 51.3 Å². The Hall–Kier alpha value is -2.48. The molecule has 1 fully saturated rings. The van der Waals surface area contributed by atoms with Gasteiger partial charge in [0.15, 0.2) is 11.5 Å². The van der Waals surface area contributed by atoms with Gasteiger partial charge in [-0.3, -0.25) is 14.5 Å². The third-order valence-electron chi connectivity index (χ3n) is 5.22. The van der Waals surface area contributed by atoms with E-state index in [2.05, 4.69) is 5.32 Å². The van der Waals surface area contributed by atoms with Crippen LogP contribution in [0.15, 0.2) is 36.4 Å². The highest BCUT2D eigenvalue weighted by molar-refractivity contribution is 6.33. The first kappa shape index (κ1) is 21.7. The summed E-state index contributed by atoms with van der Waals surface area (Å²) >= 11 is 12.4. The molecule has 0 aromatic heterocycles. The molecule has 0 atom stereocenters. The van der Waals surface area contributed by atoms with Gasteiger partial charge in [-0.2, -0.15) is 0 Å². The van der Waals surface area contributed by atoms with Gasteiger partial charge in [-0.05, 0) is 24.3 Å². The lowest BCUT2D eigenvalue weighted by Gasteiger charge is -2.34. The van der Waals surface area contributed by atoms with Crippen molar-refractivity contribution in [2.45, 2.75) is 6.42 Å². The number of amides is 2. The number of ether oxygens (including phenoxy) is 2. The Morgan fingerprint density at radius 1 is 0.968 bits per heavy atom. The number of piperazine rings is 1. The topological polar surface area (TPSA) is 71.1 Å². The summed E-state index contributed by atoms with van der Waals surface area (Å²) in [5.74, 6) is 0.744. The van der Waals surface area contributed by atoms with Gasteiger partial charge in [0, 0.05) is 38.2 Å². The van der Waals surface area contributed by atoms with Crippen LogP contribution < -0.4 is 14.8 Å². The molecule has 0 bridgehead atoms. The maximum absolute atomic E-state index is 13.0. The second-order valence-electron chi connectivity index (χ2n) is 7.43. The number of nitrogens with zero attached hydrogens (tertiary/aromatic N) is 2. The second kappa shape index (κ2) is 9.77. The number of benzene rings is 2. The summed E-state index contributed by atoms with van der Waals surface area (Å²) in [5.41, 5.74) is 1.06. The SMILES string of the molecule is O=C(CN1CCN(C(=O)c2cc(Cl)c3c(c2)OCCCO3)CC1)Nc1ccccc1Cl. The first-order chi connectivity index (χ1) is 15.0. The van der Waals surface area contributed by atoms with E-state index in [1.807, 2.05) is 17.0 Å². The summed E-state index contributed by atoms with van der Waals surface area (Å²) in [6.07, 6.45) is 0.764. The minimum atomic E-state index is -0.137. The van der Waals surface area contributed by atoms with E-state index in [0.29, 0.717) is 72.2 Å². The molecule has 7 nitrogen and oxygen atoms in total. The third-order valence-corrected chi connectivity index (χ3v) is 5.83. The van der Waals surface area contributed by atoms with Crippen molar-refractivity contribution in [3.05, 3.63) is 52.0 Å². The molecule has 0 radical (unpaired) electrons. The molecule has 2 aromatic rings. The van der Waals surface area contributed by atoms with E-state index in [4.69, 9.17) is 32.7 Å². The van der Waals surface area contributed by atoms with E-state index in [9.17, 15) is 9.59 Å². The number of fused-ring (bicyclic) bond motifs is 1. The van der Waals surface area contributed by atoms with Crippen LogP contribution in [0, 0.1) is 0 Å². The fourth-order valence-corrected chi connectivity index (χ4v) is 4.05. The standard InChI is InChI=1S/C22H23Cl2N3O4/c23-16-4-1-2-5-18(16)25-20(28)14-26-6-8-27(9-7-26)22(29)15-12-17(24)21-19(13-15)30-10-3-11-31-21/h1-2,4-5,12-13H,3,6-11,14H2,(H,25,28). The fourth-order valence-electron chi connectivity index (χ4n) is 3.60. The Bertz CT molecular complexity index is 977. The van der Waals surface area contributed by atoms with Gasteiger partial charge in [-0.15, -0.1) is 0 Å². The highest BCUT2D eigenvalue weighted by Gasteiger charge is 2.26. The van der Waals surface area contributed by atoms with Crippen LogP contribution in [-0.2, 0) is 4.79 Å². The Kier molecular flexibility index (Phi) is 6.85. The molecule has 2 aliphatic rings. The lowest BCUT2D eigenvalue weighted by molar-refractivity contribution is -0.117. The van der Waals surface area contributed by atoms with Crippen molar-refractivity contribution in [1.29, 1.82) is 0 Å². The van der Waals surface area contributed by atoms with Gasteiger partial charge in [0.2, 0.25) is 5.91 Å². The van der Waals surface area contributed by atoms with Crippen LogP contribution in [0.25, 0.3) is 0 Å². The van der Waals surface area contributed by atoms with Crippen LogP contribution >= 0.6 is 23.2 Å². The molecule has 2 aliphatic heterocycles. The predicted molar refractivity (Wildman–Crippen MR) is 119 cm³/mol. The van der Waals surface area contributed by atoms with E-state index in [0.717, 1.165) is 6.42 Å². The van der Waals surface area contributed by atoms with E-state index in [1.54, 1.807) is 29.2 Å². The fraction of sp³-hybridized carbons (Fsp3) is 0.364. The number of anilines is 1. The molecule has 0 saturated carbocycles. The number of carbonyl (C=O) groups excluding carboxylic acids is 2. The molecular formula is C22H23Cl2N3O4. The summed E-state index contributed by atoms with van der Waals surface area (Å²) in [6.45, 7) is 3.53. The van der Waals surface area contributed by atoms with Gasteiger partial charge in [0.05, 0.1) is 35.5 Å². The largest absolute Gasteiger partial charge is 0.489 e. The summed E-state index contributed by atoms with van der Waals surface area (Å²) in [4.78, 5) is 29.1. The zero-order chi connectivity index (χ0) is 21.8. The van der Waals surface area contributed by atoms with Crippen molar-refractivity contribution < 1.29 is 19.1 Å². The molecule has 9 heteroatoms. The van der Waals surface area contributed by atoms with Crippen molar-refractivity contribution in [2.24, 2.45) is 0 Å². The molecule has 2 heterocycles. The molecule has 1 N–H and O–H groups in total. The first-order valence-corrected chi connectivity index (χ1v) is 10.9. The Morgan fingerprint density at radius 3 is 2.48 bits per heavy atom. The van der Waals surface area contributed by atoms with Gasteiger partial charge in [0.1, 0.15) is 0 Å². The second-order valence-corrected chi connectivity index (χ2v) is 8.25. The minimum Gasteiger partial charge on any atom is -0.489 e. The lowest BCUT2D eigenvalue weighted by Crippen LogP contribution is -2.50. The Labute approximate surface area is 190 Å². The van der Waals surface area contributed by atoms with Crippen molar-refractivity contribution in [1.82, 2.24) is 9.80 Å². The average Bonchev–Trinajstić information content (AvgIpc) is 3.01. The maximum Gasteiger partial charge on any atom is 0.254 e. The quantitative estimate of drug-likeness (QED) is 0.750. The number of nitrogens with one attached hydrogen (secondary N) is 1. The maximum atomic E-state index is 13.0. The molecule has 164 valence electrons. The highest BCUT2D eigenvalue weighted by Crippen LogP contribution is 2.38. The molecule has 4 rings (SSSR count). The van der Waals surface area contributed by atoms with Crippen LogP contribution in [0.1, 0.15) is 16.8 Å². The Morgan fingerprint density at radius 2 is 1.71 bits per heavy atom. The number of hydrogen-bond donors (Lipinski definition) is 1. The minimum absolute atomic E-state index is 0.113. The van der Waals surface area contributed by atoms with Crippen molar-refractivity contribution in [3.8, 4) is 11.5 Å². The van der Waals surface area contributed by atoms with Crippen molar-refractivity contribution >= 4 is 40.7 Å². The van der Waals surface area contributed by atoms with E-state index in [1.165, 1.54) is 0 Å². The molecule has 2 amide bonds. The first-order valence-electron chi connectivity index (χ1n) is 10.2. The van der Waals surface area contributed by atoms with Crippen LogP contribution in [0.3, 0.4) is 0 Å². The molecule has 31 heavy (non-hydrogen) atoms. The summed E-state index contributed by atoms with van der Waals surface area (Å²) in [6, 6.07) is 10.4. The molecule has 0 unspecified atom stereocenters. The van der Waals surface area contributed by atoms with Crippen LogP contribution in [0.4, 0.5) is 5.69 Å². The van der Waals surface area contributed by atoms with Crippen LogP contribution in [-0.4, -0.2) is 67.6 Å². The lowest BCUT2D eigenvalue weighted by atomic mass is 10.1. The molecule has 2 aromatic carbocycles. The molecular weight excluding hydrogens is 441 g/mol. The average molecular weight is 464 g/mol. The smallest absolute Gasteiger partial charge is 0.254 e. The van der Waals surface area contributed by atoms with Crippen molar-refractivity contribution in [3.63, 3.8) is 0 Å². The van der Waals surface area contributed by atoms with Gasteiger partial charge < -0.3 is 19.7 Å². The number of hydrogen-bond acceptors (Lipinski definition) is 5. The number of rotatable bonds is 4. The van der Waals surface area contributed by atoms with Gasteiger partial charge in [0.25, 0.3) is 5.91 Å². The van der Waals surface area contributed by atoms with Crippen LogP contribution in [0.2, 0.25) is 10.0 Å². The zero-order valence-corrected chi connectivity index (χ0v) is 18.4. The Balaban J connectivity index is 1.33. The monoisotopic (exact) mass is 463 g/mol. The molecule has 0 aliphatic carbocycles. The van der Waals surface area contributed by atoms with E-state index < -0.39 is 0 Å². The number of para-hydroxylation sites is 1. The summed E-state index contributed by atoms with van der Waals surface area (Å²) < 4.78 is 11.3. The predicted octanol–water partition coefficient (Wildman–Crippen LogP) is 3.55. The molecule has 1 saturated heterocycles. The summed E-state index contributed by atoms with van der Waals surface area (Å²) in [7, 11) is 0. The van der Waals surface area contributed by atoms with Gasteiger partial charge >= 0.3 is 0 Å². The van der Waals surface area contributed by atoms with Gasteiger partial charge in [-0.25, -0.2) is 0 Å². The number of carbonyl (C=O) groups is 2.